The minimum absolute atomic E-state index is 0.154. The molecule has 0 saturated carbocycles. The van der Waals surface area contributed by atoms with Crippen molar-refractivity contribution in [3.8, 4) is 6.07 Å². The maximum Gasteiger partial charge on any atom is 0.408 e. The van der Waals surface area contributed by atoms with E-state index in [1.807, 2.05) is 65.8 Å². The molecule has 1 aromatic carbocycles. The minimum Gasteiger partial charge on any atom is -0.444 e. The third-order valence-electron chi connectivity index (χ3n) is 3.15. The molecular formula is C17H24N2O2. The number of nitrogens with one attached hydrogen (secondary N) is 1. The Morgan fingerprint density at radius 1 is 1.19 bits per heavy atom. The molecule has 0 aliphatic heterocycles. The molecule has 0 aliphatic rings. The van der Waals surface area contributed by atoms with Crippen molar-refractivity contribution in [2.24, 2.45) is 0 Å². The largest absolute Gasteiger partial charge is 0.444 e. The third-order valence-corrected chi connectivity index (χ3v) is 3.15. The number of alkyl carbamates (subject to hydrolysis) is 1. The highest BCUT2D eigenvalue weighted by Crippen LogP contribution is 2.24. The highest BCUT2D eigenvalue weighted by atomic mass is 16.6. The van der Waals surface area contributed by atoms with Gasteiger partial charge in [-0.25, -0.2) is 4.79 Å². The lowest BCUT2D eigenvalue weighted by atomic mass is 9.85. The van der Waals surface area contributed by atoms with E-state index >= 15 is 0 Å². The lowest BCUT2D eigenvalue weighted by Gasteiger charge is -2.22. The van der Waals surface area contributed by atoms with E-state index in [4.69, 9.17) is 10.00 Å². The lowest BCUT2D eigenvalue weighted by Crippen LogP contribution is -2.34. The number of ether oxygens (including phenoxy) is 1. The fourth-order valence-electron chi connectivity index (χ4n) is 1.82. The Morgan fingerprint density at radius 2 is 1.71 bits per heavy atom. The fraction of sp³-hybridized carbons (Fsp3) is 0.529. The van der Waals surface area contributed by atoms with Crippen LogP contribution in [0.2, 0.25) is 0 Å². The molecule has 0 heterocycles. The molecule has 0 aliphatic carbocycles. The zero-order valence-corrected chi connectivity index (χ0v) is 13.7. The second kappa shape index (κ2) is 6.17. The Kier molecular flexibility index (Phi) is 5.01. The highest BCUT2D eigenvalue weighted by molar-refractivity contribution is 5.68. The predicted octanol–water partition coefficient (Wildman–Crippen LogP) is 4.07. The lowest BCUT2D eigenvalue weighted by molar-refractivity contribution is 0.0508. The SMILES string of the molecule is CC(NC(=O)OC(C)(C)C)c1ccc(C(C)(C)C#N)cc1. The molecule has 1 atom stereocenters. The molecular weight excluding hydrogens is 264 g/mol. The van der Waals surface area contributed by atoms with Crippen molar-refractivity contribution in [3.05, 3.63) is 35.4 Å². The Hall–Kier alpha value is -2.02. The Labute approximate surface area is 127 Å². The summed E-state index contributed by atoms with van der Waals surface area (Å²) in [6, 6.07) is 9.82. The van der Waals surface area contributed by atoms with Gasteiger partial charge >= 0.3 is 6.09 Å². The average Bonchev–Trinajstić information content (AvgIpc) is 2.36. The monoisotopic (exact) mass is 288 g/mol. The summed E-state index contributed by atoms with van der Waals surface area (Å²) in [4.78, 5) is 11.7. The topological polar surface area (TPSA) is 62.1 Å². The van der Waals surface area contributed by atoms with Crippen LogP contribution in [0.25, 0.3) is 0 Å². The normalized spacial score (nSPS) is 13.2. The number of hydrogen-bond donors (Lipinski definition) is 1. The highest BCUT2D eigenvalue weighted by Gasteiger charge is 2.21. The van der Waals surface area contributed by atoms with Crippen LogP contribution in [0.5, 0.6) is 0 Å². The van der Waals surface area contributed by atoms with Crippen molar-refractivity contribution in [1.82, 2.24) is 5.32 Å². The average molecular weight is 288 g/mol. The van der Waals surface area contributed by atoms with E-state index in [1.165, 1.54) is 0 Å². The Bertz CT molecular complexity index is 533. The Morgan fingerprint density at radius 3 is 2.14 bits per heavy atom. The van der Waals surface area contributed by atoms with Crippen molar-refractivity contribution >= 4 is 6.09 Å². The van der Waals surface area contributed by atoms with Gasteiger partial charge in [0.05, 0.1) is 17.5 Å². The quantitative estimate of drug-likeness (QED) is 0.911. The molecule has 1 aromatic rings. The molecule has 1 amide bonds. The summed E-state index contributed by atoms with van der Waals surface area (Å²) in [7, 11) is 0. The van der Waals surface area contributed by atoms with Gasteiger partial charge in [-0.3, -0.25) is 0 Å². The number of nitriles is 1. The van der Waals surface area contributed by atoms with E-state index in [2.05, 4.69) is 11.4 Å². The van der Waals surface area contributed by atoms with Gasteiger partial charge in [0.15, 0.2) is 0 Å². The van der Waals surface area contributed by atoms with Crippen LogP contribution in [0.4, 0.5) is 4.79 Å². The summed E-state index contributed by atoms with van der Waals surface area (Å²) < 4.78 is 5.23. The van der Waals surface area contributed by atoms with Crippen LogP contribution in [0.1, 0.15) is 58.7 Å². The minimum atomic E-state index is -0.514. The molecule has 21 heavy (non-hydrogen) atoms. The molecule has 1 unspecified atom stereocenters. The molecule has 1 N–H and O–H groups in total. The number of hydrogen-bond acceptors (Lipinski definition) is 3. The van der Waals surface area contributed by atoms with Gasteiger partial charge in [0.25, 0.3) is 0 Å². The zero-order valence-electron chi connectivity index (χ0n) is 13.7. The molecule has 0 saturated heterocycles. The van der Waals surface area contributed by atoms with Gasteiger partial charge in [-0.1, -0.05) is 24.3 Å². The van der Waals surface area contributed by atoms with E-state index in [9.17, 15) is 4.79 Å². The smallest absolute Gasteiger partial charge is 0.408 e. The summed E-state index contributed by atoms with van der Waals surface area (Å²) in [5, 5.41) is 11.9. The summed E-state index contributed by atoms with van der Waals surface area (Å²) in [6.45, 7) is 11.1. The molecule has 1 rings (SSSR count). The second-order valence-corrected chi connectivity index (χ2v) is 6.73. The van der Waals surface area contributed by atoms with Crippen molar-refractivity contribution in [3.63, 3.8) is 0 Å². The van der Waals surface area contributed by atoms with Gasteiger partial charge in [-0.15, -0.1) is 0 Å². The number of nitrogens with zero attached hydrogens (tertiary/aromatic N) is 1. The van der Waals surface area contributed by atoms with Crippen LogP contribution < -0.4 is 5.32 Å². The van der Waals surface area contributed by atoms with E-state index in [0.717, 1.165) is 11.1 Å². The first-order valence-corrected chi connectivity index (χ1v) is 7.06. The van der Waals surface area contributed by atoms with Crippen molar-refractivity contribution in [2.45, 2.75) is 58.6 Å². The van der Waals surface area contributed by atoms with E-state index in [0.29, 0.717) is 0 Å². The first kappa shape index (κ1) is 17.0. The van der Waals surface area contributed by atoms with E-state index in [1.54, 1.807) is 0 Å². The van der Waals surface area contributed by atoms with E-state index < -0.39 is 17.1 Å². The molecule has 0 fully saturated rings. The summed E-state index contributed by atoms with van der Waals surface area (Å²) in [5.74, 6) is 0. The maximum atomic E-state index is 11.7. The van der Waals surface area contributed by atoms with Gasteiger partial charge < -0.3 is 10.1 Å². The molecule has 4 heteroatoms. The van der Waals surface area contributed by atoms with Gasteiger partial charge in [0.2, 0.25) is 0 Å². The third kappa shape index (κ3) is 5.11. The molecule has 4 nitrogen and oxygen atoms in total. The van der Waals surface area contributed by atoms with Crippen LogP contribution in [-0.4, -0.2) is 11.7 Å². The Balaban J connectivity index is 2.75. The number of carbonyl (C=O) groups excluding carboxylic acids is 1. The second-order valence-electron chi connectivity index (χ2n) is 6.73. The van der Waals surface area contributed by atoms with Gasteiger partial charge in [0, 0.05) is 0 Å². The van der Waals surface area contributed by atoms with Crippen LogP contribution in [0.15, 0.2) is 24.3 Å². The number of rotatable bonds is 3. The van der Waals surface area contributed by atoms with Crippen LogP contribution >= 0.6 is 0 Å². The van der Waals surface area contributed by atoms with Crippen LogP contribution in [0, 0.1) is 11.3 Å². The number of carbonyl (C=O) groups is 1. The predicted molar refractivity (Wildman–Crippen MR) is 82.9 cm³/mol. The standard InChI is InChI=1S/C17H24N2O2/c1-12(19-15(20)21-16(2,3)4)13-7-9-14(10-8-13)17(5,6)11-18/h7-10,12H,1-6H3,(H,19,20). The first-order chi connectivity index (χ1) is 9.55. The molecule has 114 valence electrons. The molecule has 0 spiro atoms. The maximum absolute atomic E-state index is 11.7. The van der Waals surface area contributed by atoms with Crippen LogP contribution in [0.3, 0.4) is 0 Å². The molecule has 0 bridgehead atoms. The van der Waals surface area contributed by atoms with Crippen molar-refractivity contribution in [2.75, 3.05) is 0 Å². The van der Waals surface area contributed by atoms with Crippen LogP contribution in [-0.2, 0) is 10.2 Å². The fourth-order valence-corrected chi connectivity index (χ4v) is 1.82. The zero-order chi connectivity index (χ0) is 16.3. The van der Waals surface area contributed by atoms with Gasteiger partial charge in [-0.2, -0.15) is 5.26 Å². The summed E-state index contributed by atoms with van der Waals surface area (Å²) >= 11 is 0. The molecule has 0 aromatic heterocycles. The summed E-state index contributed by atoms with van der Waals surface area (Å²) in [6.07, 6.45) is -0.434. The van der Waals surface area contributed by atoms with Gasteiger partial charge in [-0.05, 0) is 52.7 Å². The van der Waals surface area contributed by atoms with Crippen molar-refractivity contribution in [1.29, 1.82) is 5.26 Å². The molecule has 0 radical (unpaired) electrons. The van der Waals surface area contributed by atoms with Gasteiger partial charge in [0.1, 0.15) is 5.60 Å². The number of amides is 1. The summed E-state index contributed by atoms with van der Waals surface area (Å²) in [5.41, 5.74) is 0.904. The number of benzene rings is 1. The van der Waals surface area contributed by atoms with Crippen molar-refractivity contribution < 1.29 is 9.53 Å². The first-order valence-electron chi connectivity index (χ1n) is 7.06. The van der Waals surface area contributed by atoms with E-state index in [-0.39, 0.29) is 6.04 Å².